The molecule has 0 bridgehead atoms. The van der Waals surface area contributed by atoms with Crippen molar-refractivity contribution >= 4 is 23.1 Å². The van der Waals surface area contributed by atoms with Gasteiger partial charge in [-0.3, -0.25) is 4.79 Å². The molecule has 1 aromatic rings. The van der Waals surface area contributed by atoms with E-state index in [1.807, 2.05) is 0 Å². The molecule has 1 amide bonds. The molecule has 0 spiro atoms. The maximum atomic E-state index is 12.3. The van der Waals surface area contributed by atoms with Crippen LogP contribution < -0.4 is 20.5 Å². The Kier molecular flexibility index (Phi) is 4.44. The van der Waals surface area contributed by atoms with Gasteiger partial charge in [0.05, 0.1) is 25.2 Å². The normalized spacial score (nSPS) is 15.3. The van der Waals surface area contributed by atoms with Crippen molar-refractivity contribution in [3.63, 3.8) is 0 Å². The molecule has 1 atom stereocenters. The number of amides is 1. The summed E-state index contributed by atoms with van der Waals surface area (Å²) in [6.45, 7) is 0. The first-order chi connectivity index (χ1) is 9.55. The Morgan fingerprint density at radius 3 is 2.25 bits per heavy atom. The molecular weight excluding hydrogens is 276 g/mol. The summed E-state index contributed by atoms with van der Waals surface area (Å²) in [5, 5.41) is 2.88. The molecule has 1 saturated carbocycles. The van der Waals surface area contributed by atoms with Crippen LogP contribution in [0.1, 0.15) is 23.2 Å². The van der Waals surface area contributed by atoms with Gasteiger partial charge in [0, 0.05) is 11.6 Å². The number of nitrogens with one attached hydrogen (secondary N) is 1. The third-order valence-corrected chi connectivity index (χ3v) is 3.55. The van der Waals surface area contributed by atoms with Crippen molar-refractivity contribution in [2.45, 2.75) is 18.9 Å². The number of hydrogen-bond acceptors (Lipinski definition) is 4. The van der Waals surface area contributed by atoms with Crippen LogP contribution in [-0.4, -0.2) is 31.2 Å². The van der Waals surface area contributed by atoms with Gasteiger partial charge in [0.15, 0.2) is 0 Å². The molecule has 1 aliphatic carbocycles. The Bertz CT molecular complexity index is 507. The minimum Gasteiger partial charge on any atom is -0.497 e. The molecule has 0 heterocycles. The molecule has 0 saturated heterocycles. The van der Waals surface area contributed by atoms with Crippen LogP contribution in [-0.2, 0) is 0 Å². The molecule has 2 rings (SSSR count). The van der Waals surface area contributed by atoms with E-state index in [1.165, 1.54) is 0 Å². The highest BCUT2D eigenvalue weighted by Gasteiger charge is 2.34. The zero-order chi connectivity index (χ0) is 14.7. The second-order valence-electron chi connectivity index (χ2n) is 4.79. The summed E-state index contributed by atoms with van der Waals surface area (Å²) >= 11 is 5.01. The van der Waals surface area contributed by atoms with Crippen LogP contribution in [0, 0.1) is 5.92 Å². The molecule has 108 valence electrons. The predicted octanol–water partition coefficient (Wildman–Crippen LogP) is 1.50. The van der Waals surface area contributed by atoms with Crippen LogP contribution in [0.2, 0.25) is 0 Å². The topological polar surface area (TPSA) is 73.6 Å². The number of carbonyl (C=O) groups excluding carboxylic acids is 1. The van der Waals surface area contributed by atoms with E-state index in [1.54, 1.807) is 32.4 Å². The van der Waals surface area contributed by atoms with Crippen molar-refractivity contribution in [1.29, 1.82) is 0 Å². The van der Waals surface area contributed by atoms with Crippen molar-refractivity contribution in [2.24, 2.45) is 11.7 Å². The van der Waals surface area contributed by atoms with Crippen LogP contribution in [0.25, 0.3) is 0 Å². The van der Waals surface area contributed by atoms with E-state index in [2.05, 4.69) is 5.32 Å². The lowest BCUT2D eigenvalue weighted by molar-refractivity contribution is 0.0943. The Morgan fingerprint density at radius 1 is 1.30 bits per heavy atom. The highest BCUT2D eigenvalue weighted by Crippen LogP contribution is 2.33. The first-order valence-electron chi connectivity index (χ1n) is 6.38. The van der Waals surface area contributed by atoms with Gasteiger partial charge in [0.2, 0.25) is 0 Å². The summed E-state index contributed by atoms with van der Waals surface area (Å²) in [5.74, 6) is 1.26. The summed E-state index contributed by atoms with van der Waals surface area (Å²) in [5.41, 5.74) is 6.14. The largest absolute Gasteiger partial charge is 0.497 e. The number of rotatable bonds is 6. The van der Waals surface area contributed by atoms with Gasteiger partial charge in [-0.15, -0.1) is 0 Å². The average Bonchev–Trinajstić information content (AvgIpc) is 3.27. The van der Waals surface area contributed by atoms with Crippen molar-refractivity contribution < 1.29 is 14.3 Å². The molecule has 0 radical (unpaired) electrons. The van der Waals surface area contributed by atoms with Crippen LogP contribution in [0.5, 0.6) is 11.5 Å². The van der Waals surface area contributed by atoms with Crippen LogP contribution >= 0.6 is 12.2 Å². The van der Waals surface area contributed by atoms with Crippen molar-refractivity contribution in [1.82, 2.24) is 5.32 Å². The molecule has 0 aromatic heterocycles. The molecule has 5 nitrogen and oxygen atoms in total. The molecular formula is C14H18N2O3S. The van der Waals surface area contributed by atoms with Gasteiger partial charge in [0.25, 0.3) is 5.91 Å². The maximum absolute atomic E-state index is 12.3. The quantitative estimate of drug-likeness (QED) is 0.778. The van der Waals surface area contributed by atoms with Gasteiger partial charge in [-0.05, 0) is 30.9 Å². The highest BCUT2D eigenvalue weighted by atomic mass is 32.1. The number of carbonyl (C=O) groups is 1. The van der Waals surface area contributed by atoms with Crippen molar-refractivity contribution in [3.8, 4) is 11.5 Å². The van der Waals surface area contributed by atoms with Gasteiger partial charge in [-0.1, -0.05) is 12.2 Å². The van der Waals surface area contributed by atoms with E-state index in [0.717, 1.165) is 12.8 Å². The predicted molar refractivity (Wildman–Crippen MR) is 80.3 cm³/mol. The molecule has 1 fully saturated rings. The molecule has 6 heteroatoms. The fourth-order valence-electron chi connectivity index (χ4n) is 2.01. The van der Waals surface area contributed by atoms with E-state index in [4.69, 9.17) is 27.4 Å². The molecule has 1 unspecified atom stereocenters. The van der Waals surface area contributed by atoms with Crippen LogP contribution in [0.3, 0.4) is 0 Å². The van der Waals surface area contributed by atoms with Gasteiger partial charge in [0.1, 0.15) is 11.5 Å². The Hall–Kier alpha value is -1.82. The van der Waals surface area contributed by atoms with Gasteiger partial charge in [-0.25, -0.2) is 0 Å². The zero-order valence-corrected chi connectivity index (χ0v) is 12.3. The standard InChI is InChI=1S/C14H18N2O3S/c1-18-10-5-9(6-11(7-10)19-2)14(17)16-12(13(15)20)8-3-4-8/h5-8,12H,3-4H2,1-2H3,(H2,15,20)(H,16,17). The lowest BCUT2D eigenvalue weighted by Gasteiger charge is -2.17. The fraction of sp³-hybridized carbons (Fsp3) is 0.429. The van der Waals surface area contributed by atoms with E-state index in [-0.39, 0.29) is 11.9 Å². The van der Waals surface area contributed by atoms with Gasteiger partial charge in [-0.2, -0.15) is 0 Å². The molecule has 3 N–H and O–H groups in total. The Morgan fingerprint density at radius 2 is 1.85 bits per heavy atom. The van der Waals surface area contributed by atoms with Crippen LogP contribution in [0.4, 0.5) is 0 Å². The average molecular weight is 294 g/mol. The minimum absolute atomic E-state index is 0.230. The van der Waals surface area contributed by atoms with Crippen molar-refractivity contribution in [2.75, 3.05) is 14.2 Å². The second-order valence-corrected chi connectivity index (χ2v) is 5.26. The highest BCUT2D eigenvalue weighted by molar-refractivity contribution is 7.80. The number of hydrogen-bond donors (Lipinski definition) is 2. The summed E-state index contributed by atoms with van der Waals surface area (Å²) in [4.78, 5) is 12.6. The lowest BCUT2D eigenvalue weighted by Crippen LogP contribution is -2.45. The van der Waals surface area contributed by atoms with Gasteiger partial charge < -0.3 is 20.5 Å². The Balaban J connectivity index is 2.17. The smallest absolute Gasteiger partial charge is 0.252 e. The van der Waals surface area contributed by atoms with Crippen LogP contribution in [0.15, 0.2) is 18.2 Å². The summed E-state index contributed by atoms with van der Waals surface area (Å²) in [7, 11) is 3.08. The van der Waals surface area contributed by atoms with Gasteiger partial charge >= 0.3 is 0 Å². The number of benzene rings is 1. The maximum Gasteiger partial charge on any atom is 0.252 e. The van der Waals surface area contributed by atoms with E-state index < -0.39 is 0 Å². The zero-order valence-electron chi connectivity index (χ0n) is 11.5. The fourth-order valence-corrected chi connectivity index (χ4v) is 2.27. The summed E-state index contributed by atoms with van der Waals surface area (Å²) in [6, 6.07) is 4.78. The number of thiocarbonyl (C=S) groups is 1. The lowest BCUT2D eigenvalue weighted by atomic mass is 10.1. The molecule has 1 aliphatic rings. The van der Waals surface area contributed by atoms with E-state index in [9.17, 15) is 4.79 Å². The number of methoxy groups -OCH3 is 2. The Labute approximate surface area is 123 Å². The number of nitrogens with two attached hydrogens (primary N) is 1. The van der Waals surface area contributed by atoms with E-state index >= 15 is 0 Å². The first kappa shape index (κ1) is 14.6. The summed E-state index contributed by atoms with van der Waals surface area (Å²) < 4.78 is 10.3. The SMILES string of the molecule is COc1cc(OC)cc(C(=O)NC(C(N)=S)C2CC2)c1. The van der Waals surface area contributed by atoms with E-state index in [0.29, 0.717) is 28.0 Å². The molecule has 0 aliphatic heterocycles. The molecule has 20 heavy (non-hydrogen) atoms. The summed E-state index contributed by atoms with van der Waals surface area (Å²) in [6.07, 6.45) is 2.09. The minimum atomic E-state index is -0.241. The second kappa shape index (κ2) is 6.09. The third-order valence-electron chi connectivity index (χ3n) is 3.30. The van der Waals surface area contributed by atoms with Crippen molar-refractivity contribution in [3.05, 3.63) is 23.8 Å². The number of ether oxygens (including phenoxy) is 2. The third kappa shape index (κ3) is 3.39. The molecule has 1 aromatic carbocycles. The monoisotopic (exact) mass is 294 g/mol. The first-order valence-corrected chi connectivity index (χ1v) is 6.79.